The normalized spacial score (nSPS) is 17.0. The lowest BCUT2D eigenvalue weighted by molar-refractivity contribution is -0.155. The van der Waals surface area contributed by atoms with Crippen LogP contribution in [0.1, 0.15) is 67.2 Å². The van der Waals surface area contributed by atoms with Gasteiger partial charge >= 0.3 is 12.1 Å². The van der Waals surface area contributed by atoms with Crippen LogP contribution in [0.4, 0.5) is 4.79 Å². The smallest absolute Gasteiger partial charge is 0.407 e. The van der Waals surface area contributed by atoms with Gasteiger partial charge in [0.2, 0.25) is 5.91 Å². The molecule has 7 nitrogen and oxygen atoms in total. The summed E-state index contributed by atoms with van der Waals surface area (Å²) >= 11 is 0. The zero-order valence-corrected chi connectivity index (χ0v) is 16.3. The van der Waals surface area contributed by atoms with Crippen molar-refractivity contribution in [2.75, 3.05) is 13.1 Å². The molecule has 1 rings (SSSR count). The standard InChI is InChI=1S/C18H32N2O5/c1-17(2,3)24-15(22)11-13(19-16(23)25-18(4,5)6)12-20-10-8-7-9-14(20)21/h13H,7-12H2,1-6H3,(H,19,23)/t13-/m0/s1. The fraction of sp³-hybridized carbons (Fsp3) is 0.833. The molecule has 1 heterocycles. The van der Waals surface area contributed by atoms with Gasteiger partial charge < -0.3 is 19.7 Å². The number of nitrogens with zero attached hydrogens (tertiary/aromatic N) is 1. The Hall–Kier alpha value is -1.79. The number of ether oxygens (including phenoxy) is 2. The molecular weight excluding hydrogens is 324 g/mol. The maximum atomic E-state index is 12.1. The van der Waals surface area contributed by atoms with Crippen molar-refractivity contribution in [2.45, 2.75) is 84.5 Å². The summed E-state index contributed by atoms with van der Waals surface area (Å²) in [5.74, 6) is -0.371. The van der Waals surface area contributed by atoms with Crippen molar-refractivity contribution in [1.82, 2.24) is 10.2 Å². The Morgan fingerprint density at radius 1 is 1.08 bits per heavy atom. The summed E-state index contributed by atoms with van der Waals surface area (Å²) in [5, 5.41) is 2.70. The highest BCUT2D eigenvalue weighted by atomic mass is 16.6. The van der Waals surface area contributed by atoms with Gasteiger partial charge in [-0.05, 0) is 54.4 Å². The van der Waals surface area contributed by atoms with Gasteiger partial charge in [-0.2, -0.15) is 0 Å². The van der Waals surface area contributed by atoms with E-state index in [0.29, 0.717) is 13.0 Å². The molecule has 1 aliphatic heterocycles. The maximum absolute atomic E-state index is 12.1. The van der Waals surface area contributed by atoms with Crippen molar-refractivity contribution in [1.29, 1.82) is 0 Å². The molecule has 1 atom stereocenters. The molecule has 7 heteroatoms. The largest absolute Gasteiger partial charge is 0.460 e. The number of carbonyl (C=O) groups is 3. The number of carbonyl (C=O) groups excluding carboxylic acids is 3. The molecule has 2 amide bonds. The third kappa shape index (κ3) is 9.31. The number of likely N-dealkylation sites (tertiary alicyclic amines) is 1. The summed E-state index contributed by atoms with van der Waals surface area (Å²) in [5.41, 5.74) is -1.24. The van der Waals surface area contributed by atoms with E-state index in [1.54, 1.807) is 46.4 Å². The summed E-state index contributed by atoms with van der Waals surface area (Å²) in [6, 6.07) is -0.549. The van der Waals surface area contributed by atoms with E-state index in [1.165, 1.54) is 0 Å². The number of piperidine rings is 1. The highest BCUT2D eigenvalue weighted by molar-refractivity contribution is 5.77. The van der Waals surface area contributed by atoms with Crippen LogP contribution >= 0.6 is 0 Å². The lowest BCUT2D eigenvalue weighted by atomic mass is 10.1. The molecule has 1 N–H and O–H groups in total. The number of amides is 2. The molecular formula is C18H32N2O5. The minimum Gasteiger partial charge on any atom is -0.460 e. The summed E-state index contributed by atoms with van der Waals surface area (Å²) in [4.78, 5) is 37.9. The molecule has 25 heavy (non-hydrogen) atoms. The minimum atomic E-state index is -0.637. The molecule has 0 spiro atoms. The first-order valence-corrected chi connectivity index (χ1v) is 8.85. The zero-order valence-electron chi connectivity index (χ0n) is 16.3. The first-order valence-electron chi connectivity index (χ1n) is 8.85. The predicted octanol–water partition coefficient (Wildman–Crippen LogP) is 2.62. The molecule has 0 aliphatic carbocycles. The van der Waals surface area contributed by atoms with E-state index in [4.69, 9.17) is 9.47 Å². The number of alkyl carbamates (subject to hydrolysis) is 1. The second kappa shape index (κ2) is 8.54. The van der Waals surface area contributed by atoms with Gasteiger partial charge in [0.25, 0.3) is 0 Å². The maximum Gasteiger partial charge on any atom is 0.407 e. The number of rotatable bonds is 5. The molecule has 0 unspecified atom stereocenters. The Morgan fingerprint density at radius 3 is 2.20 bits per heavy atom. The average Bonchev–Trinajstić information content (AvgIpc) is 2.36. The highest BCUT2D eigenvalue weighted by Crippen LogP contribution is 2.14. The van der Waals surface area contributed by atoms with Crippen molar-refractivity contribution in [2.24, 2.45) is 0 Å². The van der Waals surface area contributed by atoms with E-state index in [9.17, 15) is 14.4 Å². The van der Waals surface area contributed by atoms with Gasteiger partial charge in [-0.1, -0.05) is 0 Å². The van der Waals surface area contributed by atoms with Crippen LogP contribution in [0.2, 0.25) is 0 Å². The van der Waals surface area contributed by atoms with Gasteiger partial charge in [-0.15, -0.1) is 0 Å². The highest BCUT2D eigenvalue weighted by Gasteiger charge is 2.28. The summed E-state index contributed by atoms with van der Waals surface area (Å²) < 4.78 is 10.6. The molecule has 0 aromatic rings. The second-order valence-corrected chi connectivity index (χ2v) is 8.43. The first kappa shape index (κ1) is 21.3. The molecule has 0 radical (unpaired) electrons. The number of esters is 1. The topological polar surface area (TPSA) is 84.9 Å². The van der Waals surface area contributed by atoms with Crippen LogP contribution in [-0.2, 0) is 19.1 Å². The van der Waals surface area contributed by atoms with Crippen molar-refractivity contribution >= 4 is 18.0 Å². The van der Waals surface area contributed by atoms with E-state index in [2.05, 4.69) is 5.32 Å². The number of hydrogen-bond acceptors (Lipinski definition) is 5. The van der Waals surface area contributed by atoms with Gasteiger partial charge in [-0.3, -0.25) is 9.59 Å². The quantitative estimate of drug-likeness (QED) is 0.766. The molecule has 1 saturated heterocycles. The summed E-state index contributed by atoms with van der Waals surface area (Å²) in [6.45, 7) is 11.6. The lowest BCUT2D eigenvalue weighted by Gasteiger charge is -2.31. The van der Waals surface area contributed by atoms with Crippen LogP contribution in [0.15, 0.2) is 0 Å². The minimum absolute atomic E-state index is 0.0136. The zero-order chi connectivity index (χ0) is 19.3. The fourth-order valence-electron chi connectivity index (χ4n) is 2.54. The van der Waals surface area contributed by atoms with E-state index in [0.717, 1.165) is 12.8 Å². The Kier molecular flexibility index (Phi) is 7.26. The Morgan fingerprint density at radius 2 is 1.68 bits per heavy atom. The number of nitrogens with one attached hydrogen (secondary N) is 1. The summed E-state index contributed by atoms with van der Waals surface area (Å²) in [6.07, 6.45) is 1.69. The summed E-state index contributed by atoms with van der Waals surface area (Å²) in [7, 11) is 0. The van der Waals surface area contributed by atoms with Gasteiger partial charge in [0.1, 0.15) is 11.2 Å². The predicted molar refractivity (Wildman–Crippen MR) is 94.1 cm³/mol. The lowest BCUT2D eigenvalue weighted by Crippen LogP contribution is -2.49. The van der Waals surface area contributed by atoms with Crippen molar-refractivity contribution < 1.29 is 23.9 Å². The van der Waals surface area contributed by atoms with Crippen molar-refractivity contribution in [3.63, 3.8) is 0 Å². The van der Waals surface area contributed by atoms with Crippen molar-refractivity contribution in [3.05, 3.63) is 0 Å². The molecule has 0 saturated carbocycles. The van der Waals surface area contributed by atoms with Crippen LogP contribution in [0.5, 0.6) is 0 Å². The molecule has 0 aromatic carbocycles. The average molecular weight is 356 g/mol. The third-order valence-corrected chi connectivity index (χ3v) is 3.42. The monoisotopic (exact) mass is 356 g/mol. The molecule has 144 valence electrons. The Balaban J connectivity index is 2.73. The Labute approximate surface area is 150 Å². The number of hydrogen-bond donors (Lipinski definition) is 1. The molecule has 0 bridgehead atoms. The van der Waals surface area contributed by atoms with Gasteiger partial charge in [-0.25, -0.2) is 4.79 Å². The Bertz CT molecular complexity index is 461. The van der Waals surface area contributed by atoms with E-state index in [-0.39, 0.29) is 18.9 Å². The molecule has 1 fully saturated rings. The second-order valence-electron chi connectivity index (χ2n) is 8.43. The van der Waals surface area contributed by atoms with Crippen LogP contribution in [0.25, 0.3) is 0 Å². The van der Waals surface area contributed by atoms with Crippen LogP contribution < -0.4 is 5.32 Å². The van der Waals surface area contributed by atoms with Gasteiger partial charge in [0.05, 0.1) is 12.5 Å². The van der Waals surface area contributed by atoms with Crippen molar-refractivity contribution in [3.8, 4) is 0 Å². The van der Waals surface area contributed by atoms with E-state index >= 15 is 0 Å². The molecule has 1 aliphatic rings. The third-order valence-electron chi connectivity index (χ3n) is 3.42. The van der Waals surface area contributed by atoms with E-state index in [1.807, 2.05) is 0 Å². The van der Waals surface area contributed by atoms with Crippen LogP contribution in [0, 0.1) is 0 Å². The SMILES string of the molecule is CC(C)(C)OC(=O)C[C@@H](CN1CCCCC1=O)NC(=O)OC(C)(C)C. The van der Waals surface area contributed by atoms with Crippen LogP contribution in [0.3, 0.4) is 0 Å². The van der Waals surface area contributed by atoms with E-state index < -0.39 is 29.3 Å². The first-order chi connectivity index (χ1) is 11.4. The fourth-order valence-corrected chi connectivity index (χ4v) is 2.54. The van der Waals surface area contributed by atoms with Gasteiger partial charge in [0.15, 0.2) is 0 Å². The van der Waals surface area contributed by atoms with Crippen LogP contribution in [-0.4, -0.2) is 53.2 Å². The molecule has 0 aromatic heterocycles. The van der Waals surface area contributed by atoms with Gasteiger partial charge in [0, 0.05) is 19.5 Å².